The van der Waals surface area contributed by atoms with Gasteiger partial charge in [0.25, 0.3) is 0 Å². The van der Waals surface area contributed by atoms with Gasteiger partial charge in [-0.3, -0.25) is 0 Å². The fourth-order valence-corrected chi connectivity index (χ4v) is 2.50. The maximum absolute atomic E-state index is 11.2. The molecule has 6 nitrogen and oxygen atoms in total. The van der Waals surface area contributed by atoms with Gasteiger partial charge in [-0.05, 0) is 37.0 Å². The molecule has 1 aliphatic rings. The minimum Gasteiger partial charge on any atom is -0.491 e. The van der Waals surface area contributed by atoms with E-state index in [0.29, 0.717) is 18.3 Å². The van der Waals surface area contributed by atoms with Gasteiger partial charge >= 0.3 is 0 Å². The Morgan fingerprint density at radius 2 is 2.00 bits per heavy atom. The number of hydrogen-bond acceptors (Lipinski definition) is 5. The number of hydrogen-bond donors (Lipinski definition) is 2. The van der Waals surface area contributed by atoms with Crippen molar-refractivity contribution in [3.63, 3.8) is 0 Å². The van der Waals surface area contributed by atoms with E-state index in [1.807, 2.05) is 0 Å². The van der Waals surface area contributed by atoms with Crippen LogP contribution in [0.4, 0.5) is 5.69 Å². The molecule has 0 bridgehead atoms. The Kier molecular flexibility index (Phi) is 4.28. The number of nitrogen functional groups attached to an aromatic ring is 1. The predicted molar refractivity (Wildman–Crippen MR) is 71.3 cm³/mol. The summed E-state index contributed by atoms with van der Waals surface area (Å²) < 4.78 is 33.2. The lowest BCUT2D eigenvalue weighted by Gasteiger charge is -2.22. The topological polar surface area (TPSA) is 105 Å². The van der Waals surface area contributed by atoms with Crippen LogP contribution in [0, 0.1) is 5.92 Å². The molecule has 2 rings (SSSR count). The molecule has 0 aliphatic carbocycles. The number of ether oxygens (including phenoxy) is 2. The van der Waals surface area contributed by atoms with Crippen LogP contribution < -0.4 is 15.6 Å². The van der Waals surface area contributed by atoms with Crippen molar-refractivity contribution in [3.05, 3.63) is 18.2 Å². The van der Waals surface area contributed by atoms with Gasteiger partial charge in [0, 0.05) is 13.2 Å². The molecule has 106 valence electrons. The number of anilines is 1. The van der Waals surface area contributed by atoms with Gasteiger partial charge in [0.1, 0.15) is 5.75 Å². The highest BCUT2D eigenvalue weighted by Gasteiger charge is 2.16. The third-order valence-corrected chi connectivity index (χ3v) is 4.04. The zero-order valence-electron chi connectivity index (χ0n) is 10.5. The molecule has 0 radical (unpaired) electrons. The maximum atomic E-state index is 11.2. The molecule has 1 heterocycles. The van der Waals surface area contributed by atoms with Crippen molar-refractivity contribution < 1.29 is 17.9 Å². The van der Waals surface area contributed by atoms with E-state index < -0.39 is 10.0 Å². The van der Waals surface area contributed by atoms with Gasteiger partial charge < -0.3 is 15.2 Å². The first-order valence-corrected chi connectivity index (χ1v) is 7.64. The highest BCUT2D eigenvalue weighted by molar-refractivity contribution is 7.89. The van der Waals surface area contributed by atoms with E-state index in [1.54, 1.807) is 0 Å². The van der Waals surface area contributed by atoms with Gasteiger partial charge in [0.15, 0.2) is 0 Å². The number of benzene rings is 1. The molecule has 1 aromatic rings. The zero-order chi connectivity index (χ0) is 13.9. The average molecular weight is 286 g/mol. The van der Waals surface area contributed by atoms with Crippen LogP contribution in [0.25, 0.3) is 0 Å². The van der Waals surface area contributed by atoms with Gasteiger partial charge in [0.2, 0.25) is 10.0 Å². The molecular weight excluding hydrogens is 268 g/mol. The fourth-order valence-electron chi connectivity index (χ4n) is 1.96. The minimum absolute atomic E-state index is 0.0107. The van der Waals surface area contributed by atoms with Gasteiger partial charge in [-0.15, -0.1) is 0 Å². The Morgan fingerprint density at radius 1 is 1.32 bits per heavy atom. The van der Waals surface area contributed by atoms with E-state index >= 15 is 0 Å². The summed E-state index contributed by atoms with van der Waals surface area (Å²) in [7, 11) is -3.73. The van der Waals surface area contributed by atoms with E-state index in [2.05, 4.69) is 0 Å². The third kappa shape index (κ3) is 3.82. The van der Waals surface area contributed by atoms with Crippen molar-refractivity contribution in [3.8, 4) is 5.75 Å². The van der Waals surface area contributed by atoms with Gasteiger partial charge in [-0.1, -0.05) is 0 Å². The Labute approximate surface area is 112 Å². The lowest BCUT2D eigenvalue weighted by molar-refractivity contribution is 0.0498. The van der Waals surface area contributed by atoms with E-state index in [4.69, 9.17) is 20.3 Å². The second kappa shape index (κ2) is 5.77. The molecule has 0 saturated carbocycles. The van der Waals surface area contributed by atoms with Gasteiger partial charge in [-0.25, -0.2) is 13.6 Å². The second-order valence-corrected chi connectivity index (χ2v) is 6.17. The third-order valence-electron chi connectivity index (χ3n) is 3.13. The van der Waals surface area contributed by atoms with Crippen molar-refractivity contribution in [1.82, 2.24) is 0 Å². The zero-order valence-corrected chi connectivity index (χ0v) is 11.4. The van der Waals surface area contributed by atoms with Crippen molar-refractivity contribution in [2.24, 2.45) is 11.1 Å². The molecule has 7 heteroatoms. The predicted octanol–water partition coefficient (Wildman–Crippen LogP) is 0.722. The molecule has 1 aromatic carbocycles. The number of rotatable bonds is 4. The van der Waals surface area contributed by atoms with Crippen LogP contribution in [-0.4, -0.2) is 28.2 Å². The van der Waals surface area contributed by atoms with Gasteiger partial charge in [-0.2, -0.15) is 0 Å². The summed E-state index contributed by atoms with van der Waals surface area (Å²) in [5.74, 6) is 0.935. The lowest BCUT2D eigenvalue weighted by atomic mass is 10.0. The van der Waals surface area contributed by atoms with Crippen molar-refractivity contribution in [2.75, 3.05) is 25.6 Å². The highest BCUT2D eigenvalue weighted by atomic mass is 32.2. The average Bonchev–Trinajstić information content (AvgIpc) is 2.37. The molecular formula is C12H18N2O4S. The van der Waals surface area contributed by atoms with Crippen LogP contribution in [0.5, 0.6) is 5.75 Å². The van der Waals surface area contributed by atoms with Crippen molar-refractivity contribution >= 4 is 15.7 Å². The smallest absolute Gasteiger partial charge is 0.238 e. The van der Waals surface area contributed by atoms with Crippen LogP contribution in [0.1, 0.15) is 12.8 Å². The quantitative estimate of drug-likeness (QED) is 0.794. The Morgan fingerprint density at radius 3 is 2.58 bits per heavy atom. The molecule has 0 aromatic heterocycles. The van der Waals surface area contributed by atoms with E-state index in [0.717, 1.165) is 26.1 Å². The summed E-state index contributed by atoms with van der Waals surface area (Å²) in [4.78, 5) is -0.0107. The first-order chi connectivity index (χ1) is 8.97. The van der Waals surface area contributed by atoms with Crippen molar-refractivity contribution in [2.45, 2.75) is 17.7 Å². The maximum Gasteiger partial charge on any atom is 0.238 e. The Bertz CT molecular complexity index is 539. The molecule has 0 unspecified atom stereocenters. The summed E-state index contributed by atoms with van der Waals surface area (Å²) >= 11 is 0. The second-order valence-electron chi connectivity index (χ2n) is 4.61. The Hall–Kier alpha value is -1.31. The minimum atomic E-state index is -3.73. The first kappa shape index (κ1) is 14.1. The fraction of sp³-hybridized carbons (Fsp3) is 0.500. The molecule has 1 fully saturated rings. The normalized spacial score (nSPS) is 17.3. The van der Waals surface area contributed by atoms with Crippen LogP contribution in [0.3, 0.4) is 0 Å². The SMILES string of the molecule is Nc1cc(S(N)(=O)=O)ccc1OCC1CCOCC1. The van der Waals surface area contributed by atoms with E-state index in [-0.39, 0.29) is 10.6 Å². The Balaban J connectivity index is 2.01. The summed E-state index contributed by atoms with van der Waals surface area (Å²) in [5, 5.41) is 5.03. The largest absolute Gasteiger partial charge is 0.491 e. The molecule has 0 spiro atoms. The molecule has 0 atom stereocenters. The van der Waals surface area contributed by atoms with Crippen molar-refractivity contribution in [1.29, 1.82) is 0 Å². The summed E-state index contributed by atoms with van der Waals surface area (Å²) in [6, 6.07) is 4.24. The van der Waals surface area contributed by atoms with E-state index in [9.17, 15) is 8.42 Å². The first-order valence-electron chi connectivity index (χ1n) is 6.09. The van der Waals surface area contributed by atoms with Crippen LogP contribution in [0.15, 0.2) is 23.1 Å². The summed E-state index contributed by atoms with van der Waals surface area (Å²) in [6.45, 7) is 2.07. The summed E-state index contributed by atoms with van der Waals surface area (Å²) in [5.41, 5.74) is 6.04. The highest BCUT2D eigenvalue weighted by Crippen LogP contribution is 2.26. The lowest BCUT2D eigenvalue weighted by Crippen LogP contribution is -2.21. The molecule has 1 aliphatic heterocycles. The number of nitrogens with two attached hydrogens (primary N) is 2. The summed E-state index contributed by atoms with van der Waals surface area (Å²) in [6.07, 6.45) is 1.93. The van der Waals surface area contributed by atoms with Crippen LogP contribution in [0.2, 0.25) is 0 Å². The standard InChI is InChI=1S/C12H18N2O4S/c13-11-7-10(19(14,15)16)1-2-12(11)18-8-9-3-5-17-6-4-9/h1-2,7,9H,3-6,8,13H2,(H2,14,15,16). The molecule has 1 saturated heterocycles. The number of primary sulfonamides is 1. The molecule has 4 N–H and O–H groups in total. The monoisotopic (exact) mass is 286 g/mol. The van der Waals surface area contributed by atoms with Gasteiger partial charge in [0.05, 0.1) is 17.2 Å². The molecule has 19 heavy (non-hydrogen) atoms. The van der Waals surface area contributed by atoms with E-state index in [1.165, 1.54) is 18.2 Å². The van der Waals surface area contributed by atoms with Crippen LogP contribution in [-0.2, 0) is 14.8 Å². The van der Waals surface area contributed by atoms with Crippen LogP contribution >= 0.6 is 0 Å². The number of sulfonamides is 1. The molecule has 0 amide bonds.